The van der Waals surface area contributed by atoms with Crippen LogP contribution in [-0.4, -0.2) is 56.0 Å². The minimum atomic E-state index is -0.745. The van der Waals surface area contributed by atoms with Crippen LogP contribution in [0.5, 0.6) is 0 Å². The van der Waals surface area contributed by atoms with E-state index in [0.29, 0.717) is 25.5 Å². The quantitative estimate of drug-likeness (QED) is 0.412. The van der Waals surface area contributed by atoms with Gasteiger partial charge in [-0.1, -0.05) is 18.2 Å². The second-order valence-corrected chi connectivity index (χ2v) is 9.36. The molecule has 0 unspecified atom stereocenters. The summed E-state index contributed by atoms with van der Waals surface area (Å²) < 4.78 is 20.5. The maximum atomic E-state index is 14.3. The fourth-order valence-electron chi connectivity index (χ4n) is 4.65. The summed E-state index contributed by atoms with van der Waals surface area (Å²) in [6, 6.07) is 11.9. The van der Waals surface area contributed by atoms with Crippen molar-refractivity contribution in [2.24, 2.45) is 0 Å². The summed E-state index contributed by atoms with van der Waals surface area (Å²) in [4.78, 5) is 41.9. The van der Waals surface area contributed by atoms with Gasteiger partial charge in [0.1, 0.15) is 22.8 Å². The van der Waals surface area contributed by atoms with Gasteiger partial charge in [0.2, 0.25) is 5.91 Å². The second-order valence-electron chi connectivity index (χ2n) is 8.53. The number of hydrogen-bond donors (Lipinski definition) is 1. The Hall–Kier alpha value is -3.99. The van der Waals surface area contributed by atoms with Crippen molar-refractivity contribution in [3.8, 4) is 11.5 Å². The number of imidazole rings is 1. The molecule has 1 saturated heterocycles. The summed E-state index contributed by atoms with van der Waals surface area (Å²) >= 11 is 1.53. The molecule has 178 valence electrons. The Labute approximate surface area is 202 Å². The Morgan fingerprint density at radius 1 is 1.23 bits per heavy atom. The molecule has 4 heterocycles. The molecule has 0 radical (unpaired) electrons. The molecule has 1 N–H and O–H groups in total. The molecular formula is C24H21FN6O3S. The number of rotatable bonds is 4. The Balaban J connectivity index is 1.21. The average molecular weight is 493 g/mol. The van der Waals surface area contributed by atoms with Crippen molar-refractivity contribution in [1.29, 1.82) is 0 Å². The number of nitrogens with one attached hydrogen (secondary N) is 1. The van der Waals surface area contributed by atoms with Gasteiger partial charge in [-0.2, -0.15) is 0 Å². The van der Waals surface area contributed by atoms with Crippen LogP contribution in [0.2, 0.25) is 0 Å². The number of aromatic nitrogens is 4. The molecule has 11 heteroatoms. The standard InChI is InChI=1S/C24H21FN6O3S/c1-14-11-29(23-20(26-13-35-23)22-27-16-6-2-3-7-17(16)28-22)9-10-30(14)19(32)12-31-21-15(25)5-4-8-18(21)34-24(31)33/h2-8,13-14H,9-12H2,1H3,(H,27,28)/t14-/m1/s1. The number of nitrogens with zero attached hydrogens (tertiary/aromatic N) is 5. The van der Waals surface area contributed by atoms with Crippen LogP contribution in [0.25, 0.3) is 33.7 Å². The largest absolute Gasteiger partial charge is 0.420 e. The summed E-state index contributed by atoms with van der Waals surface area (Å²) in [5.74, 6) is -0.888. The molecule has 5 aromatic rings. The third-order valence-electron chi connectivity index (χ3n) is 6.33. The van der Waals surface area contributed by atoms with Gasteiger partial charge in [-0.15, -0.1) is 11.3 Å². The van der Waals surface area contributed by atoms with Crippen LogP contribution >= 0.6 is 11.3 Å². The number of anilines is 1. The molecule has 35 heavy (non-hydrogen) atoms. The molecule has 0 saturated carbocycles. The Morgan fingerprint density at radius 3 is 2.91 bits per heavy atom. The van der Waals surface area contributed by atoms with Crippen LogP contribution in [0.4, 0.5) is 9.39 Å². The molecule has 3 aromatic heterocycles. The minimum absolute atomic E-state index is 0.0114. The van der Waals surface area contributed by atoms with Crippen LogP contribution in [0.15, 0.2) is 57.2 Å². The van der Waals surface area contributed by atoms with Crippen molar-refractivity contribution in [2.45, 2.75) is 19.5 Å². The number of halogens is 1. The number of hydrogen-bond acceptors (Lipinski definition) is 7. The average Bonchev–Trinajstić information content (AvgIpc) is 3.56. The highest BCUT2D eigenvalue weighted by molar-refractivity contribution is 7.14. The van der Waals surface area contributed by atoms with Crippen LogP contribution in [0, 0.1) is 5.82 Å². The Bertz CT molecular complexity index is 1590. The summed E-state index contributed by atoms with van der Waals surface area (Å²) in [6.07, 6.45) is 0. The van der Waals surface area contributed by atoms with Gasteiger partial charge in [0.05, 0.1) is 16.5 Å². The maximum absolute atomic E-state index is 14.3. The van der Waals surface area contributed by atoms with Crippen LogP contribution in [0.3, 0.4) is 0 Å². The molecule has 1 atom stereocenters. The van der Waals surface area contributed by atoms with Gasteiger partial charge < -0.3 is 19.2 Å². The zero-order valence-corrected chi connectivity index (χ0v) is 19.6. The van der Waals surface area contributed by atoms with E-state index in [9.17, 15) is 14.0 Å². The number of para-hydroxylation sites is 3. The van der Waals surface area contributed by atoms with E-state index in [1.54, 1.807) is 10.4 Å². The monoisotopic (exact) mass is 492 g/mol. The second kappa shape index (κ2) is 8.35. The van der Waals surface area contributed by atoms with Crippen molar-refractivity contribution < 1.29 is 13.6 Å². The third kappa shape index (κ3) is 3.68. The predicted octanol–water partition coefficient (Wildman–Crippen LogP) is 3.47. The zero-order valence-electron chi connectivity index (χ0n) is 18.8. The SMILES string of the molecule is C[C@@H]1CN(c2scnc2-c2nc3ccccc3[nH]2)CCN1C(=O)Cn1c(=O)oc2cccc(F)c21. The predicted molar refractivity (Wildman–Crippen MR) is 131 cm³/mol. The van der Waals surface area contributed by atoms with Crippen molar-refractivity contribution in [1.82, 2.24) is 24.4 Å². The first-order valence-electron chi connectivity index (χ1n) is 11.2. The van der Waals surface area contributed by atoms with Crippen molar-refractivity contribution >= 4 is 44.4 Å². The molecule has 0 bridgehead atoms. The number of aromatic amines is 1. The lowest BCUT2D eigenvalue weighted by Crippen LogP contribution is -2.55. The first-order chi connectivity index (χ1) is 17.0. The third-order valence-corrected chi connectivity index (χ3v) is 7.21. The Kier molecular flexibility index (Phi) is 5.14. The molecule has 1 aliphatic rings. The van der Waals surface area contributed by atoms with E-state index in [1.807, 2.05) is 31.2 Å². The van der Waals surface area contributed by atoms with E-state index in [1.165, 1.54) is 29.5 Å². The number of fused-ring (bicyclic) bond motifs is 2. The van der Waals surface area contributed by atoms with E-state index in [4.69, 9.17) is 4.42 Å². The number of amides is 1. The molecular weight excluding hydrogens is 471 g/mol. The van der Waals surface area contributed by atoms with E-state index < -0.39 is 11.6 Å². The topological polar surface area (TPSA) is 100 Å². The summed E-state index contributed by atoms with van der Waals surface area (Å²) in [7, 11) is 0. The molecule has 2 aromatic carbocycles. The smallest absolute Gasteiger partial charge is 0.408 e. The van der Waals surface area contributed by atoms with Gasteiger partial charge in [0, 0.05) is 25.7 Å². The first kappa shape index (κ1) is 21.5. The van der Waals surface area contributed by atoms with Gasteiger partial charge in [0.15, 0.2) is 17.2 Å². The number of oxazole rings is 1. The Morgan fingerprint density at radius 2 is 2.09 bits per heavy atom. The number of carbonyl (C=O) groups is 1. The first-order valence-corrected chi connectivity index (χ1v) is 12.1. The molecule has 0 spiro atoms. The molecule has 1 fully saturated rings. The van der Waals surface area contributed by atoms with Gasteiger partial charge in [-0.25, -0.2) is 19.2 Å². The molecule has 6 rings (SSSR count). The highest BCUT2D eigenvalue weighted by Gasteiger charge is 2.31. The van der Waals surface area contributed by atoms with Crippen molar-refractivity contribution in [3.05, 3.63) is 64.3 Å². The van der Waals surface area contributed by atoms with Crippen molar-refractivity contribution in [2.75, 3.05) is 24.5 Å². The molecule has 1 amide bonds. The lowest BCUT2D eigenvalue weighted by molar-refractivity contribution is -0.134. The number of thiazole rings is 1. The summed E-state index contributed by atoms with van der Waals surface area (Å²) in [6.45, 7) is 3.34. The highest BCUT2D eigenvalue weighted by atomic mass is 32.1. The summed E-state index contributed by atoms with van der Waals surface area (Å²) in [5.41, 5.74) is 4.55. The molecule has 9 nitrogen and oxygen atoms in total. The van der Waals surface area contributed by atoms with Gasteiger partial charge in [0.25, 0.3) is 0 Å². The normalized spacial score (nSPS) is 16.5. The molecule has 0 aliphatic carbocycles. The van der Waals surface area contributed by atoms with E-state index >= 15 is 0 Å². The zero-order chi connectivity index (χ0) is 24.1. The van der Waals surface area contributed by atoms with Crippen LogP contribution < -0.4 is 10.7 Å². The van der Waals surface area contributed by atoms with E-state index in [0.717, 1.165) is 26.3 Å². The van der Waals surface area contributed by atoms with Crippen LogP contribution in [0.1, 0.15) is 6.92 Å². The van der Waals surface area contributed by atoms with Crippen molar-refractivity contribution in [3.63, 3.8) is 0 Å². The van der Waals surface area contributed by atoms with E-state index in [2.05, 4.69) is 19.9 Å². The number of carbonyl (C=O) groups excluding carboxylic acids is 1. The van der Waals surface area contributed by atoms with Gasteiger partial charge in [-0.3, -0.25) is 9.36 Å². The molecule has 1 aliphatic heterocycles. The maximum Gasteiger partial charge on any atom is 0.420 e. The minimum Gasteiger partial charge on any atom is -0.408 e. The van der Waals surface area contributed by atoms with Gasteiger partial charge >= 0.3 is 5.76 Å². The lowest BCUT2D eigenvalue weighted by atomic mass is 10.2. The number of H-pyrrole nitrogens is 1. The fourth-order valence-corrected chi connectivity index (χ4v) is 5.49. The lowest BCUT2D eigenvalue weighted by Gasteiger charge is -2.40. The number of benzene rings is 2. The van der Waals surface area contributed by atoms with Crippen LogP contribution in [-0.2, 0) is 11.3 Å². The number of piperazine rings is 1. The fraction of sp³-hybridized carbons (Fsp3) is 0.250. The van der Waals surface area contributed by atoms with E-state index in [-0.39, 0.29) is 29.6 Å². The van der Waals surface area contributed by atoms with Gasteiger partial charge in [-0.05, 0) is 31.2 Å². The summed E-state index contributed by atoms with van der Waals surface area (Å²) in [5, 5.41) is 0.988. The highest BCUT2D eigenvalue weighted by Crippen LogP contribution is 2.34.